The summed E-state index contributed by atoms with van der Waals surface area (Å²) in [6, 6.07) is 0. The summed E-state index contributed by atoms with van der Waals surface area (Å²) in [5.74, 6) is -0.0100. The van der Waals surface area contributed by atoms with Crippen LogP contribution in [0.5, 0.6) is 0 Å². The van der Waals surface area contributed by atoms with Crippen LogP contribution in [0.4, 0.5) is 5.69 Å². The molecule has 0 fully saturated rings. The second-order valence-electron chi connectivity index (χ2n) is 3.32. The molecule has 0 unspecified atom stereocenters. The minimum Gasteiger partial charge on any atom is -0.354 e. The van der Waals surface area contributed by atoms with E-state index in [4.69, 9.17) is 0 Å². The van der Waals surface area contributed by atoms with Crippen LogP contribution in [0.15, 0.2) is 12.4 Å². The monoisotopic (exact) mass is 226 g/mol. The van der Waals surface area contributed by atoms with E-state index in [1.165, 1.54) is 17.1 Å². The highest BCUT2D eigenvalue weighted by Crippen LogP contribution is 2.06. The molecule has 0 bridgehead atoms. The lowest BCUT2D eigenvalue weighted by atomic mass is 10.3. The Morgan fingerprint density at radius 1 is 1.69 bits per heavy atom. The smallest absolute Gasteiger partial charge is 0.306 e. The Labute approximate surface area is 92.6 Å². The molecule has 1 N–H and O–H groups in total. The number of rotatable bonds is 6. The molecule has 1 aromatic rings. The van der Waals surface area contributed by atoms with Crippen LogP contribution < -0.4 is 5.32 Å². The van der Waals surface area contributed by atoms with Gasteiger partial charge in [-0.05, 0) is 6.42 Å². The first-order valence-electron chi connectivity index (χ1n) is 5.07. The fourth-order valence-electron chi connectivity index (χ4n) is 1.19. The van der Waals surface area contributed by atoms with E-state index in [0.29, 0.717) is 19.5 Å². The summed E-state index contributed by atoms with van der Waals surface area (Å²) < 4.78 is 1.43. The summed E-state index contributed by atoms with van der Waals surface area (Å²) >= 11 is 0. The zero-order valence-electron chi connectivity index (χ0n) is 9.05. The molecule has 88 valence electrons. The molecular formula is C9H14N4O3. The first-order valence-corrected chi connectivity index (χ1v) is 5.07. The molecule has 1 amide bonds. The van der Waals surface area contributed by atoms with Gasteiger partial charge in [0.15, 0.2) is 0 Å². The third kappa shape index (κ3) is 3.68. The SMILES string of the molecule is CCCC(=O)NCCn1cc([N+](=O)[O-])cn1. The molecule has 0 spiro atoms. The van der Waals surface area contributed by atoms with Gasteiger partial charge < -0.3 is 5.32 Å². The Hall–Kier alpha value is -1.92. The highest BCUT2D eigenvalue weighted by atomic mass is 16.6. The van der Waals surface area contributed by atoms with E-state index < -0.39 is 4.92 Å². The zero-order valence-corrected chi connectivity index (χ0v) is 9.05. The predicted octanol–water partition coefficient (Wildman–Crippen LogP) is 0.708. The third-order valence-electron chi connectivity index (χ3n) is 1.97. The van der Waals surface area contributed by atoms with E-state index >= 15 is 0 Å². The van der Waals surface area contributed by atoms with Crippen LogP contribution >= 0.6 is 0 Å². The number of nitrogens with zero attached hydrogens (tertiary/aromatic N) is 3. The van der Waals surface area contributed by atoms with Crippen molar-refractivity contribution in [1.29, 1.82) is 0 Å². The zero-order chi connectivity index (χ0) is 12.0. The van der Waals surface area contributed by atoms with Crippen LogP contribution in [0.2, 0.25) is 0 Å². The maximum Gasteiger partial charge on any atom is 0.306 e. The van der Waals surface area contributed by atoms with Crippen molar-refractivity contribution >= 4 is 11.6 Å². The van der Waals surface area contributed by atoms with Crippen molar-refractivity contribution < 1.29 is 9.72 Å². The largest absolute Gasteiger partial charge is 0.354 e. The number of nitro groups is 1. The molecular weight excluding hydrogens is 212 g/mol. The Bertz CT molecular complexity index is 375. The second kappa shape index (κ2) is 5.84. The van der Waals surface area contributed by atoms with Gasteiger partial charge in [-0.3, -0.25) is 19.6 Å². The van der Waals surface area contributed by atoms with E-state index in [-0.39, 0.29) is 11.6 Å². The van der Waals surface area contributed by atoms with Crippen molar-refractivity contribution in [3.63, 3.8) is 0 Å². The normalized spacial score (nSPS) is 10.1. The topological polar surface area (TPSA) is 90.1 Å². The van der Waals surface area contributed by atoms with Gasteiger partial charge in [0.2, 0.25) is 5.91 Å². The predicted molar refractivity (Wildman–Crippen MR) is 56.8 cm³/mol. The van der Waals surface area contributed by atoms with Crippen LogP contribution in [-0.4, -0.2) is 27.2 Å². The number of aromatic nitrogens is 2. The number of amides is 1. The van der Waals surface area contributed by atoms with Crippen molar-refractivity contribution in [2.45, 2.75) is 26.3 Å². The number of hydrogen-bond acceptors (Lipinski definition) is 4. The van der Waals surface area contributed by atoms with Crippen molar-refractivity contribution in [3.8, 4) is 0 Å². The number of hydrogen-bond donors (Lipinski definition) is 1. The van der Waals surface area contributed by atoms with E-state index in [1.807, 2.05) is 6.92 Å². The Balaban J connectivity index is 2.32. The van der Waals surface area contributed by atoms with Crippen molar-refractivity contribution in [2.24, 2.45) is 0 Å². The first-order chi connectivity index (χ1) is 7.63. The van der Waals surface area contributed by atoms with Crippen LogP contribution in [-0.2, 0) is 11.3 Å². The van der Waals surface area contributed by atoms with Gasteiger partial charge in [-0.25, -0.2) is 0 Å². The average Bonchev–Trinajstić information content (AvgIpc) is 2.67. The van der Waals surface area contributed by atoms with E-state index in [9.17, 15) is 14.9 Å². The van der Waals surface area contributed by atoms with Gasteiger partial charge in [-0.2, -0.15) is 5.10 Å². The van der Waals surface area contributed by atoms with Gasteiger partial charge in [-0.15, -0.1) is 0 Å². The van der Waals surface area contributed by atoms with Gasteiger partial charge in [0.1, 0.15) is 12.4 Å². The Morgan fingerprint density at radius 3 is 3.00 bits per heavy atom. The summed E-state index contributed by atoms with van der Waals surface area (Å²) in [6.45, 7) is 2.79. The molecule has 7 nitrogen and oxygen atoms in total. The fourth-order valence-corrected chi connectivity index (χ4v) is 1.19. The molecule has 0 aliphatic carbocycles. The molecule has 1 heterocycles. The Morgan fingerprint density at radius 2 is 2.44 bits per heavy atom. The summed E-state index contributed by atoms with van der Waals surface area (Å²) in [5, 5.41) is 16.9. The van der Waals surface area contributed by atoms with Crippen LogP contribution in [0.25, 0.3) is 0 Å². The summed E-state index contributed by atoms with van der Waals surface area (Å²) in [6.07, 6.45) is 3.83. The van der Waals surface area contributed by atoms with Crippen LogP contribution in [0.3, 0.4) is 0 Å². The molecule has 7 heteroatoms. The van der Waals surface area contributed by atoms with Crippen LogP contribution in [0.1, 0.15) is 19.8 Å². The Kier molecular flexibility index (Phi) is 4.43. The minimum absolute atomic E-state index is 0.0100. The van der Waals surface area contributed by atoms with Crippen molar-refractivity contribution in [2.75, 3.05) is 6.54 Å². The molecule has 0 atom stereocenters. The number of carbonyl (C=O) groups is 1. The summed E-state index contributed by atoms with van der Waals surface area (Å²) in [7, 11) is 0. The number of nitrogens with one attached hydrogen (secondary N) is 1. The lowest BCUT2D eigenvalue weighted by Crippen LogP contribution is -2.26. The maximum atomic E-state index is 11.1. The van der Waals surface area contributed by atoms with Crippen molar-refractivity contribution in [3.05, 3.63) is 22.5 Å². The fraction of sp³-hybridized carbons (Fsp3) is 0.556. The van der Waals surface area contributed by atoms with Crippen molar-refractivity contribution in [1.82, 2.24) is 15.1 Å². The first kappa shape index (κ1) is 12.2. The van der Waals surface area contributed by atoms with Gasteiger partial charge in [0.25, 0.3) is 0 Å². The molecule has 0 saturated carbocycles. The third-order valence-corrected chi connectivity index (χ3v) is 1.97. The minimum atomic E-state index is -0.501. The molecule has 0 saturated heterocycles. The van der Waals surface area contributed by atoms with Gasteiger partial charge in [0, 0.05) is 13.0 Å². The molecule has 0 aliphatic heterocycles. The average molecular weight is 226 g/mol. The highest BCUT2D eigenvalue weighted by Gasteiger charge is 2.08. The van der Waals surface area contributed by atoms with E-state index in [1.54, 1.807) is 0 Å². The van der Waals surface area contributed by atoms with E-state index in [2.05, 4.69) is 10.4 Å². The second-order valence-corrected chi connectivity index (χ2v) is 3.32. The molecule has 1 rings (SSSR count). The van der Waals surface area contributed by atoms with Crippen LogP contribution in [0, 0.1) is 10.1 Å². The van der Waals surface area contributed by atoms with Gasteiger partial charge >= 0.3 is 5.69 Å². The molecule has 0 radical (unpaired) electrons. The molecule has 0 aromatic carbocycles. The lowest BCUT2D eigenvalue weighted by molar-refractivity contribution is -0.385. The quantitative estimate of drug-likeness (QED) is 0.571. The number of carbonyl (C=O) groups excluding carboxylic acids is 1. The van der Waals surface area contributed by atoms with E-state index in [0.717, 1.165) is 6.42 Å². The molecule has 16 heavy (non-hydrogen) atoms. The summed E-state index contributed by atoms with van der Waals surface area (Å²) in [5.41, 5.74) is -0.0418. The van der Waals surface area contributed by atoms with Gasteiger partial charge in [-0.1, -0.05) is 6.92 Å². The highest BCUT2D eigenvalue weighted by molar-refractivity contribution is 5.75. The summed E-state index contributed by atoms with van der Waals surface area (Å²) in [4.78, 5) is 21.0. The standard InChI is InChI=1S/C9H14N4O3/c1-2-3-9(14)10-4-5-12-7-8(6-11-12)13(15)16/h6-7H,2-5H2,1H3,(H,10,14). The van der Waals surface area contributed by atoms with Gasteiger partial charge in [0.05, 0.1) is 11.5 Å². The molecule has 1 aromatic heterocycles. The maximum absolute atomic E-state index is 11.1. The molecule has 0 aliphatic rings. The lowest BCUT2D eigenvalue weighted by Gasteiger charge is -2.03.